The first-order chi connectivity index (χ1) is 8.59. The molecule has 0 amide bonds. The van der Waals surface area contributed by atoms with Crippen molar-refractivity contribution in [3.63, 3.8) is 0 Å². The summed E-state index contributed by atoms with van der Waals surface area (Å²) < 4.78 is 27.2. The molecule has 1 N–H and O–H groups in total. The number of anilines is 1. The molecule has 2 aromatic rings. The standard InChI is InChI=1S/C14H12ClF2N/c1-9-6-7-12(16)14(13(9)17)18-8-10-4-2-3-5-11(10)15/h2-7,18H,8H2,1H3. The minimum absolute atomic E-state index is 0.116. The van der Waals surface area contributed by atoms with Gasteiger partial charge < -0.3 is 5.32 Å². The van der Waals surface area contributed by atoms with E-state index in [4.69, 9.17) is 11.6 Å². The molecule has 0 bridgehead atoms. The van der Waals surface area contributed by atoms with Crippen LogP contribution in [0.1, 0.15) is 11.1 Å². The van der Waals surface area contributed by atoms with Gasteiger partial charge in [0.2, 0.25) is 0 Å². The minimum atomic E-state index is -0.606. The van der Waals surface area contributed by atoms with Gasteiger partial charge in [0.25, 0.3) is 0 Å². The van der Waals surface area contributed by atoms with Gasteiger partial charge in [0, 0.05) is 11.6 Å². The minimum Gasteiger partial charge on any atom is -0.376 e. The monoisotopic (exact) mass is 267 g/mol. The Morgan fingerprint density at radius 1 is 1.11 bits per heavy atom. The zero-order valence-corrected chi connectivity index (χ0v) is 10.6. The van der Waals surface area contributed by atoms with Crippen molar-refractivity contribution < 1.29 is 8.78 Å². The Morgan fingerprint density at radius 2 is 1.83 bits per heavy atom. The Balaban J connectivity index is 2.21. The maximum atomic E-state index is 13.7. The molecular formula is C14H12ClF2N. The van der Waals surface area contributed by atoms with Gasteiger partial charge in [0.05, 0.1) is 0 Å². The van der Waals surface area contributed by atoms with Crippen molar-refractivity contribution in [1.29, 1.82) is 0 Å². The lowest BCUT2D eigenvalue weighted by atomic mass is 10.1. The maximum absolute atomic E-state index is 13.7. The Bertz CT molecular complexity index is 570. The molecule has 0 heterocycles. The van der Waals surface area contributed by atoms with Gasteiger partial charge in [0.1, 0.15) is 11.5 Å². The number of hydrogen-bond acceptors (Lipinski definition) is 1. The van der Waals surface area contributed by atoms with Crippen LogP contribution in [-0.4, -0.2) is 0 Å². The van der Waals surface area contributed by atoms with Crippen molar-refractivity contribution >= 4 is 17.3 Å². The van der Waals surface area contributed by atoms with Crippen LogP contribution >= 0.6 is 11.6 Å². The van der Waals surface area contributed by atoms with E-state index >= 15 is 0 Å². The van der Waals surface area contributed by atoms with Crippen molar-refractivity contribution in [3.8, 4) is 0 Å². The van der Waals surface area contributed by atoms with Crippen molar-refractivity contribution in [2.75, 3.05) is 5.32 Å². The summed E-state index contributed by atoms with van der Waals surface area (Å²) in [5, 5.41) is 3.31. The van der Waals surface area contributed by atoms with Crippen molar-refractivity contribution in [2.45, 2.75) is 13.5 Å². The highest BCUT2D eigenvalue weighted by molar-refractivity contribution is 6.31. The Hall–Kier alpha value is -1.61. The summed E-state index contributed by atoms with van der Waals surface area (Å²) >= 11 is 5.97. The molecule has 0 aliphatic heterocycles. The molecule has 4 heteroatoms. The van der Waals surface area contributed by atoms with Crippen LogP contribution in [0.5, 0.6) is 0 Å². The van der Waals surface area contributed by atoms with Crippen LogP contribution in [0.3, 0.4) is 0 Å². The second kappa shape index (κ2) is 5.36. The van der Waals surface area contributed by atoms with Crippen LogP contribution in [0.4, 0.5) is 14.5 Å². The van der Waals surface area contributed by atoms with Crippen LogP contribution in [0.15, 0.2) is 36.4 Å². The van der Waals surface area contributed by atoms with E-state index in [0.29, 0.717) is 10.6 Å². The molecule has 0 aliphatic rings. The fraction of sp³-hybridized carbons (Fsp3) is 0.143. The van der Waals surface area contributed by atoms with E-state index in [1.165, 1.54) is 12.1 Å². The summed E-state index contributed by atoms with van der Waals surface area (Å²) in [5.74, 6) is -1.17. The van der Waals surface area contributed by atoms with Gasteiger partial charge in [0.15, 0.2) is 5.82 Å². The first-order valence-electron chi connectivity index (χ1n) is 5.51. The highest BCUT2D eigenvalue weighted by Gasteiger charge is 2.11. The lowest BCUT2D eigenvalue weighted by molar-refractivity contribution is 0.582. The maximum Gasteiger partial charge on any atom is 0.152 e. The summed E-state index contributed by atoms with van der Waals surface area (Å²) in [4.78, 5) is 0. The SMILES string of the molecule is Cc1ccc(F)c(NCc2ccccc2Cl)c1F. The molecule has 2 aromatic carbocycles. The summed E-state index contributed by atoms with van der Waals surface area (Å²) in [6.45, 7) is 1.87. The first kappa shape index (κ1) is 12.8. The fourth-order valence-electron chi connectivity index (χ4n) is 1.64. The topological polar surface area (TPSA) is 12.0 Å². The third-order valence-electron chi connectivity index (χ3n) is 2.70. The van der Waals surface area contributed by atoms with E-state index in [0.717, 1.165) is 5.56 Å². The number of halogens is 3. The summed E-state index contributed by atoms with van der Waals surface area (Å²) in [6, 6.07) is 9.83. The third kappa shape index (κ3) is 2.62. The molecule has 0 unspecified atom stereocenters. The van der Waals surface area contributed by atoms with Gasteiger partial charge in [-0.15, -0.1) is 0 Å². The number of nitrogens with one attached hydrogen (secondary N) is 1. The zero-order chi connectivity index (χ0) is 13.1. The molecule has 0 aliphatic carbocycles. The van der Waals surface area contributed by atoms with E-state index in [-0.39, 0.29) is 12.2 Å². The molecular weight excluding hydrogens is 256 g/mol. The van der Waals surface area contributed by atoms with E-state index in [9.17, 15) is 8.78 Å². The highest BCUT2D eigenvalue weighted by atomic mass is 35.5. The van der Waals surface area contributed by atoms with Gasteiger partial charge in [-0.2, -0.15) is 0 Å². The highest BCUT2D eigenvalue weighted by Crippen LogP contribution is 2.23. The molecule has 0 saturated carbocycles. The quantitative estimate of drug-likeness (QED) is 0.861. The first-order valence-corrected chi connectivity index (χ1v) is 5.89. The fourth-order valence-corrected chi connectivity index (χ4v) is 1.85. The molecule has 1 nitrogen and oxygen atoms in total. The van der Waals surface area contributed by atoms with Crippen LogP contribution in [0.2, 0.25) is 5.02 Å². The Kier molecular flexibility index (Phi) is 3.82. The predicted octanol–water partition coefficient (Wildman–Crippen LogP) is 4.54. The summed E-state index contributed by atoms with van der Waals surface area (Å²) in [7, 11) is 0. The largest absolute Gasteiger partial charge is 0.376 e. The molecule has 0 aromatic heterocycles. The Labute approximate surface area is 109 Å². The van der Waals surface area contributed by atoms with Crippen LogP contribution < -0.4 is 5.32 Å². The summed E-state index contributed by atoms with van der Waals surface area (Å²) in [6.07, 6.45) is 0. The van der Waals surface area contributed by atoms with E-state index in [2.05, 4.69) is 5.32 Å². The van der Waals surface area contributed by atoms with Crippen molar-refractivity contribution in [3.05, 3.63) is 64.2 Å². The van der Waals surface area contributed by atoms with Gasteiger partial charge >= 0.3 is 0 Å². The second-order valence-corrected chi connectivity index (χ2v) is 4.41. The van der Waals surface area contributed by atoms with Gasteiger partial charge in [-0.05, 0) is 30.2 Å². The van der Waals surface area contributed by atoms with E-state index < -0.39 is 11.6 Å². The molecule has 0 spiro atoms. The average molecular weight is 268 g/mol. The molecule has 94 valence electrons. The molecule has 0 saturated heterocycles. The summed E-state index contributed by atoms with van der Waals surface area (Å²) in [5.41, 5.74) is 1.08. The van der Waals surface area contributed by atoms with Crippen molar-refractivity contribution in [1.82, 2.24) is 0 Å². The molecule has 2 rings (SSSR count). The number of rotatable bonds is 3. The lowest BCUT2D eigenvalue weighted by Crippen LogP contribution is -2.05. The van der Waals surface area contributed by atoms with E-state index in [1.54, 1.807) is 25.1 Å². The Morgan fingerprint density at radius 3 is 2.56 bits per heavy atom. The molecule has 0 radical (unpaired) electrons. The zero-order valence-electron chi connectivity index (χ0n) is 9.81. The normalized spacial score (nSPS) is 10.4. The predicted molar refractivity (Wildman–Crippen MR) is 69.9 cm³/mol. The van der Waals surface area contributed by atoms with Crippen LogP contribution in [-0.2, 0) is 6.54 Å². The second-order valence-electron chi connectivity index (χ2n) is 4.00. The molecule has 0 fully saturated rings. The van der Waals surface area contributed by atoms with Gasteiger partial charge in [-0.25, -0.2) is 8.78 Å². The van der Waals surface area contributed by atoms with Gasteiger partial charge in [-0.1, -0.05) is 35.9 Å². The number of benzene rings is 2. The molecule has 0 atom stereocenters. The number of hydrogen-bond donors (Lipinski definition) is 1. The molecule has 18 heavy (non-hydrogen) atoms. The van der Waals surface area contributed by atoms with Crippen LogP contribution in [0, 0.1) is 18.6 Å². The third-order valence-corrected chi connectivity index (χ3v) is 3.07. The average Bonchev–Trinajstić information content (AvgIpc) is 2.36. The van der Waals surface area contributed by atoms with E-state index in [1.807, 2.05) is 6.07 Å². The van der Waals surface area contributed by atoms with Gasteiger partial charge in [-0.3, -0.25) is 0 Å². The van der Waals surface area contributed by atoms with Crippen molar-refractivity contribution in [2.24, 2.45) is 0 Å². The smallest absolute Gasteiger partial charge is 0.152 e. The lowest BCUT2D eigenvalue weighted by Gasteiger charge is -2.11. The van der Waals surface area contributed by atoms with Crippen LogP contribution in [0.25, 0.3) is 0 Å². The number of aryl methyl sites for hydroxylation is 1.